The molecule has 0 fully saturated rings. The second kappa shape index (κ2) is 13.0. The summed E-state index contributed by atoms with van der Waals surface area (Å²) in [7, 11) is -3.38. The van der Waals surface area contributed by atoms with E-state index in [0.29, 0.717) is 48.9 Å². The van der Waals surface area contributed by atoms with Gasteiger partial charge in [-0.25, -0.2) is 32.2 Å². The van der Waals surface area contributed by atoms with Crippen molar-refractivity contribution in [3.8, 4) is 17.0 Å². The lowest BCUT2D eigenvalue weighted by Gasteiger charge is -2.17. The van der Waals surface area contributed by atoms with Crippen LogP contribution in [0.2, 0.25) is 0 Å². The second-order valence-electron chi connectivity index (χ2n) is 9.63. The molecule has 0 radical (unpaired) electrons. The summed E-state index contributed by atoms with van der Waals surface area (Å²) in [5.41, 5.74) is 1.44. The number of ether oxygens (including phenoxy) is 2. The van der Waals surface area contributed by atoms with Crippen molar-refractivity contribution in [1.29, 1.82) is 0 Å². The molecule has 0 aliphatic heterocycles. The van der Waals surface area contributed by atoms with E-state index in [-0.39, 0.29) is 23.7 Å². The van der Waals surface area contributed by atoms with Gasteiger partial charge in [-0.05, 0) is 71.7 Å². The minimum absolute atomic E-state index is 0.0316. The number of anilines is 2. The lowest BCUT2D eigenvalue weighted by atomic mass is 10.1. The highest BCUT2D eigenvalue weighted by molar-refractivity contribution is 9.10. The maximum Gasteiger partial charge on any atom is 0.176 e. The first-order chi connectivity index (χ1) is 20.5. The molecule has 224 valence electrons. The normalized spacial score (nSPS) is 13.2. The minimum atomic E-state index is -3.38. The fourth-order valence-corrected chi connectivity index (χ4v) is 6.37. The fourth-order valence-electron chi connectivity index (χ4n) is 4.26. The quantitative estimate of drug-likeness (QED) is 0.149. The van der Waals surface area contributed by atoms with E-state index in [2.05, 4.69) is 36.2 Å². The van der Waals surface area contributed by atoms with E-state index >= 15 is 4.39 Å². The SMILES string of the molecule is CCS(=O)(=O)C(C)OC(C)c1nc(-c2cc3c(Nc4ccc(OCc5cccc(F)c5)c(Br)c4)ncnc3cc2F)cs1. The Balaban J connectivity index is 1.36. The standard InChI is InChI=1S/C30H27BrF2N4O4S2/c1-4-43(38,39)18(3)41-17(2)30-37-27(15-42-30)22-12-23-26(13-25(22)33)34-16-35-29(23)36-21-8-9-28(24(31)11-21)40-14-19-6-5-7-20(32)10-19/h5-13,15-18H,4,14H2,1-3H3,(H,34,35,36). The number of halogens is 3. The molecule has 43 heavy (non-hydrogen) atoms. The molecule has 0 bridgehead atoms. The van der Waals surface area contributed by atoms with Crippen LogP contribution in [0.3, 0.4) is 0 Å². The molecule has 0 aliphatic carbocycles. The lowest BCUT2D eigenvalue weighted by molar-refractivity contribution is 0.0503. The molecule has 0 spiro atoms. The van der Waals surface area contributed by atoms with Crippen LogP contribution < -0.4 is 10.1 Å². The minimum Gasteiger partial charge on any atom is -0.488 e. The zero-order valence-corrected chi connectivity index (χ0v) is 26.6. The number of rotatable bonds is 11. The summed E-state index contributed by atoms with van der Waals surface area (Å²) in [4.78, 5) is 13.1. The van der Waals surface area contributed by atoms with Gasteiger partial charge in [-0.3, -0.25) is 0 Å². The Morgan fingerprint density at radius 3 is 2.63 bits per heavy atom. The molecular weight excluding hydrogens is 662 g/mol. The van der Waals surface area contributed by atoms with Crippen LogP contribution >= 0.6 is 27.3 Å². The molecule has 0 amide bonds. The molecule has 2 aromatic heterocycles. The van der Waals surface area contributed by atoms with Crippen molar-refractivity contribution in [2.24, 2.45) is 0 Å². The Hall–Kier alpha value is -3.52. The van der Waals surface area contributed by atoms with Crippen LogP contribution in [0.15, 0.2) is 70.8 Å². The van der Waals surface area contributed by atoms with E-state index in [1.165, 1.54) is 42.8 Å². The summed E-state index contributed by atoms with van der Waals surface area (Å²) in [5.74, 6) is 0.166. The van der Waals surface area contributed by atoms with Crippen LogP contribution in [0.5, 0.6) is 5.75 Å². The first-order valence-corrected chi connectivity index (χ1v) is 16.6. The van der Waals surface area contributed by atoms with E-state index in [1.54, 1.807) is 49.6 Å². The third-order valence-corrected chi connectivity index (χ3v) is 10.2. The number of benzene rings is 3. The number of hydrogen-bond donors (Lipinski definition) is 1. The van der Waals surface area contributed by atoms with Gasteiger partial charge in [0, 0.05) is 33.8 Å². The maximum atomic E-state index is 15.2. The number of hydrogen-bond acceptors (Lipinski definition) is 9. The van der Waals surface area contributed by atoms with Crippen molar-refractivity contribution in [2.75, 3.05) is 11.1 Å². The van der Waals surface area contributed by atoms with Gasteiger partial charge in [-0.1, -0.05) is 19.1 Å². The van der Waals surface area contributed by atoms with Crippen molar-refractivity contribution in [3.63, 3.8) is 0 Å². The highest BCUT2D eigenvalue weighted by atomic mass is 79.9. The van der Waals surface area contributed by atoms with Gasteiger partial charge in [0.25, 0.3) is 0 Å². The Morgan fingerprint density at radius 1 is 1.07 bits per heavy atom. The molecule has 13 heteroatoms. The average molecular weight is 690 g/mol. The van der Waals surface area contributed by atoms with Gasteiger partial charge in [-0.15, -0.1) is 11.3 Å². The zero-order chi connectivity index (χ0) is 30.7. The molecule has 2 atom stereocenters. The monoisotopic (exact) mass is 688 g/mol. The zero-order valence-electron chi connectivity index (χ0n) is 23.3. The maximum absolute atomic E-state index is 15.2. The number of sulfone groups is 1. The first-order valence-electron chi connectivity index (χ1n) is 13.2. The van der Waals surface area contributed by atoms with Crippen LogP contribution in [-0.4, -0.2) is 34.6 Å². The average Bonchev–Trinajstić information content (AvgIpc) is 3.47. The van der Waals surface area contributed by atoms with Gasteiger partial charge in [0.2, 0.25) is 0 Å². The van der Waals surface area contributed by atoms with Gasteiger partial charge in [0.05, 0.1) is 15.7 Å². The molecule has 8 nitrogen and oxygen atoms in total. The Labute approximate surface area is 260 Å². The van der Waals surface area contributed by atoms with E-state index in [1.807, 2.05) is 6.07 Å². The van der Waals surface area contributed by atoms with Crippen LogP contribution in [-0.2, 0) is 21.2 Å². The third-order valence-electron chi connectivity index (χ3n) is 6.65. The molecule has 2 heterocycles. The van der Waals surface area contributed by atoms with E-state index in [4.69, 9.17) is 9.47 Å². The van der Waals surface area contributed by atoms with E-state index < -0.39 is 27.2 Å². The van der Waals surface area contributed by atoms with Crippen LogP contribution in [0, 0.1) is 11.6 Å². The van der Waals surface area contributed by atoms with E-state index in [9.17, 15) is 12.8 Å². The molecule has 5 rings (SSSR count). The van der Waals surface area contributed by atoms with Crippen LogP contribution in [0.4, 0.5) is 20.3 Å². The second-order valence-corrected chi connectivity index (χ2v) is 13.9. The van der Waals surface area contributed by atoms with E-state index in [0.717, 1.165) is 0 Å². The molecule has 0 aliphatic rings. The van der Waals surface area contributed by atoms with Gasteiger partial charge < -0.3 is 14.8 Å². The van der Waals surface area contributed by atoms with Gasteiger partial charge in [-0.2, -0.15) is 0 Å². The van der Waals surface area contributed by atoms with Crippen molar-refractivity contribution in [1.82, 2.24) is 15.0 Å². The van der Waals surface area contributed by atoms with Crippen molar-refractivity contribution in [3.05, 3.63) is 93.0 Å². The fraction of sp³-hybridized carbons (Fsp3) is 0.233. The first kappa shape index (κ1) is 30.9. The third kappa shape index (κ3) is 7.18. The molecule has 0 saturated heterocycles. The number of fused-ring (bicyclic) bond motifs is 1. The summed E-state index contributed by atoms with van der Waals surface area (Å²) < 4.78 is 65.2. The summed E-state index contributed by atoms with van der Waals surface area (Å²) in [5, 5.41) is 6.06. The van der Waals surface area contributed by atoms with Crippen LogP contribution in [0.25, 0.3) is 22.2 Å². The molecule has 1 N–H and O–H groups in total. The van der Waals surface area contributed by atoms with Gasteiger partial charge >= 0.3 is 0 Å². The largest absolute Gasteiger partial charge is 0.488 e. The Bertz CT molecular complexity index is 1890. The van der Waals surface area contributed by atoms with Gasteiger partial charge in [0.15, 0.2) is 15.3 Å². The predicted molar refractivity (Wildman–Crippen MR) is 167 cm³/mol. The molecule has 3 aromatic carbocycles. The molecule has 0 saturated carbocycles. The molecular formula is C30H27BrF2N4O4S2. The van der Waals surface area contributed by atoms with Crippen molar-refractivity contribution >= 4 is 59.5 Å². The molecule has 5 aromatic rings. The number of thiazole rings is 1. The Kier molecular flexibility index (Phi) is 9.35. The van der Waals surface area contributed by atoms with Crippen molar-refractivity contribution < 1.29 is 26.7 Å². The topological polar surface area (TPSA) is 103 Å². The highest BCUT2D eigenvalue weighted by Gasteiger charge is 2.24. The number of nitrogens with one attached hydrogen (secondary N) is 1. The molecule has 2 unspecified atom stereocenters. The predicted octanol–water partition coefficient (Wildman–Crippen LogP) is 7.97. The van der Waals surface area contributed by atoms with Crippen molar-refractivity contribution in [2.45, 2.75) is 38.9 Å². The summed E-state index contributed by atoms with van der Waals surface area (Å²) in [6.07, 6.45) is 0.749. The highest BCUT2D eigenvalue weighted by Crippen LogP contribution is 2.35. The summed E-state index contributed by atoms with van der Waals surface area (Å²) in [6.45, 7) is 4.98. The van der Waals surface area contributed by atoms with Crippen LogP contribution in [0.1, 0.15) is 37.4 Å². The lowest BCUT2D eigenvalue weighted by Crippen LogP contribution is -2.24. The summed E-state index contributed by atoms with van der Waals surface area (Å²) in [6, 6.07) is 14.6. The number of aromatic nitrogens is 3. The summed E-state index contributed by atoms with van der Waals surface area (Å²) >= 11 is 4.78. The smallest absolute Gasteiger partial charge is 0.176 e. The number of nitrogens with zero attached hydrogens (tertiary/aromatic N) is 3. The Morgan fingerprint density at radius 2 is 1.88 bits per heavy atom. The van der Waals surface area contributed by atoms with Gasteiger partial charge in [0.1, 0.15) is 47.2 Å².